The van der Waals surface area contributed by atoms with Crippen LogP contribution in [0.3, 0.4) is 0 Å². The van der Waals surface area contributed by atoms with Crippen LogP contribution < -0.4 is 11.1 Å². The molecule has 0 amide bonds. The van der Waals surface area contributed by atoms with Crippen molar-refractivity contribution < 1.29 is 4.74 Å². The van der Waals surface area contributed by atoms with Crippen molar-refractivity contribution in [2.24, 2.45) is 11.7 Å². The molecule has 3 heteroatoms. The van der Waals surface area contributed by atoms with Gasteiger partial charge in [0.2, 0.25) is 0 Å². The second-order valence-electron chi connectivity index (χ2n) is 3.32. The SMILES string of the molecule is COC1=CC(N)(C(C)C)NC=C1. The van der Waals surface area contributed by atoms with Crippen molar-refractivity contribution in [3.63, 3.8) is 0 Å². The van der Waals surface area contributed by atoms with Crippen LogP contribution in [0.4, 0.5) is 0 Å². The largest absolute Gasteiger partial charge is 0.497 e. The lowest BCUT2D eigenvalue weighted by molar-refractivity contribution is 0.274. The predicted octanol–water partition coefficient (Wildman–Crippen LogP) is 0.945. The van der Waals surface area contributed by atoms with Gasteiger partial charge in [-0.15, -0.1) is 0 Å². The van der Waals surface area contributed by atoms with E-state index in [4.69, 9.17) is 10.5 Å². The molecule has 12 heavy (non-hydrogen) atoms. The number of allylic oxidation sites excluding steroid dienone is 1. The molecule has 1 aliphatic heterocycles. The number of rotatable bonds is 2. The first-order valence-corrected chi connectivity index (χ1v) is 4.08. The Kier molecular flexibility index (Phi) is 2.43. The van der Waals surface area contributed by atoms with Crippen LogP contribution in [0.5, 0.6) is 0 Å². The van der Waals surface area contributed by atoms with Crippen LogP contribution in [-0.2, 0) is 4.74 Å². The Bertz CT molecular complexity index is 221. The lowest BCUT2D eigenvalue weighted by Crippen LogP contribution is -2.55. The molecule has 1 unspecified atom stereocenters. The normalized spacial score (nSPS) is 28.2. The highest BCUT2D eigenvalue weighted by Crippen LogP contribution is 2.18. The molecule has 1 heterocycles. The van der Waals surface area contributed by atoms with E-state index < -0.39 is 5.66 Å². The Balaban J connectivity index is 2.83. The first-order valence-electron chi connectivity index (χ1n) is 4.08. The van der Waals surface area contributed by atoms with Crippen LogP contribution in [0.15, 0.2) is 24.1 Å². The topological polar surface area (TPSA) is 47.3 Å². The zero-order chi connectivity index (χ0) is 9.19. The summed E-state index contributed by atoms with van der Waals surface area (Å²) in [7, 11) is 1.64. The maximum atomic E-state index is 6.05. The Morgan fingerprint density at radius 1 is 1.58 bits per heavy atom. The molecule has 1 atom stereocenters. The molecule has 0 radical (unpaired) electrons. The molecular weight excluding hydrogens is 152 g/mol. The molecular formula is C9H16N2O. The summed E-state index contributed by atoms with van der Waals surface area (Å²) in [5.41, 5.74) is 5.58. The van der Waals surface area contributed by atoms with Gasteiger partial charge in [0.25, 0.3) is 0 Å². The van der Waals surface area contributed by atoms with Gasteiger partial charge in [0.1, 0.15) is 11.4 Å². The predicted molar refractivity (Wildman–Crippen MR) is 49.1 cm³/mol. The highest BCUT2D eigenvalue weighted by Gasteiger charge is 2.27. The first-order chi connectivity index (χ1) is 5.58. The molecule has 1 aliphatic rings. The summed E-state index contributed by atoms with van der Waals surface area (Å²) >= 11 is 0. The van der Waals surface area contributed by atoms with Gasteiger partial charge >= 0.3 is 0 Å². The number of hydrogen-bond donors (Lipinski definition) is 2. The van der Waals surface area contributed by atoms with Crippen molar-refractivity contribution in [1.29, 1.82) is 0 Å². The minimum absolute atomic E-state index is 0.326. The summed E-state index contributed by atoms with van der Waals surface area (Å²) in [6.07, 6.45) is 5.57. The second-order valence-corrected chi connectivity index (χ2v) is 3.32. The molecule has 0 aliphatic carbocycles. The summed E-state index contributed by atoms with van der Waals surface area (Å²) in [6, 6.07) is 0. The zero-order valence-corrected chi connectivity index (χ0v) is 7.79. The average molecular weight is 168 g/mol. The van der Waals surface area contributed by atoms with E-state index >= 15 is 0 Å². The smallest absolute Gasteiger partial charge is 0.120 e. The Morgan fingerprint density at radius 3 is 2.75 bits per heavy atom. The molecule has 0 spiro atoms. The lowest BCUT2D eigenvalue weighted by Gasteiger charge is -2.33. The maximum absolute atomic E-state index is 6.05. The van der Waals surface area contributed by atoms with Crippen LogP contribution in [0.25, 0.3) is 0 Å². The van der Waals surface area contributed by atoms with Crippen molar-refractivity contribution in [2.45, 2.75) is 19.5 Å². The van der Waals surface area contributed by atoms with Crippen molar-refractivity contribution >= 4 is 0 Å². The second kappa shape index (κ2) is 3.19. The highest BCUT2D eigenvalue weighted by atomic mass is 16.5. The summed E-state index contributed by atoms with van der Waals surface area (Å²) < 4.78 is 5.09. The van der Waals surface area contributed by atoms with E-state index in [1.165, 1.54) is 0 Å². The molecule has 0 aromatic heterocycles. The number of ether oxygens (including phenoxy) is 1. The van der Waals surface area contributed by atoms with E-state index in [1.807, 2.05) is 18.4 Å². The monoisotopic (exact) mass is 168 g/mol. The molecule has 3 N–H and O–H groups in total. The molecule has 0 bridgehead atoms. The number of nitrogens with one attached hydrogen (secondary N) is 1. The molecule has 0 saturated heterocycles. The quantitative estimate of drug-likeness (QED) is 0.645. The molecule has 68 valence electrons. The standard InChI is InChI=1S/C9H16N2O/c1-7(2)9(10)6-8(12-3)4-5-11-9/h4-7,11H,10H2,1-3H3. The van der Waals surface area contributed by atoms with Crippen molar-refractivity contribution in [3.05, 3.63) is 24.1 Å². The fraction of sp³-hybridized carbons (Fsp3) is 0.556. The van der Waals surface area contributed by atoms with Gasteiger partial charge in [-0.05, 0) is 18.1 Å². The van der Waals surface area contributed by atoms with Crippen LogP contribution in [-0.4, -0.2) is 12.8 Å². The number of hydrogen-bond acceptors (Lipinski definition) is 3. The van der Waals surface area contributed by atoms with Crippen molar-refractivity contribution in [2.75, 3.05) is 7.11 Å². The van der Waals surface area contributed by atoms with Gasteiger partial charge in [0.15, 0.2) is 0 Å². The zero-order valence-electron chi connectivity index (χ0n) is 7.79. The number of dihydropyridines is 1. The third kappa shape index (κ3) is 1.61. The summed E-state index contributed by atoms with van der Waals surface area (Å²) in [6.45, 7) is 4.13. The van der Waals surface area contributed by atoms with E-state index in [-0.39, 0.29) is 0 Å². The fourth-order valence-corrected chi connectivity index (χ4v) is 1.05. The lowest BCUT2D eigenvalue weighted by atomic mass is 9.94. The Morgan fingerprint density at radius 2 is 2.25 bits per heavy atom. The van der Waals surface area contributed by atoms with E-state index in [1.54, 1.807) is 7.11 Å². The number of methoxy groups -OCH3 is 1. The molecule has 0 aromatic rings. The molecule has 3 nitrogen and oxygen atoms in total. The third-order valence-corrected chi connectivity index (χ3v) is 2.15. The van der Waals surface area contributed by atoms with Gasteiger partial charge in [-0.1, -0.05) is 13.8 Å². The Hall–Kier alpha value is -0.960. The minimum Gasteiger partial charge on any atom is -0.497 e. The molecule has 0 saturated carbocycles. The van der Waals surface area contributed by atoms with Crippen LogP contribution >= 0.6 is 0 Å². The van der Waals surface area contributed by atoms with E-state index in [0.717, 1.165) is 5.76 Å². The fourth-order valence-electron chi connectivity index (χ4n) is 1.05. The van der Waals surface area contributed by atoms with Crippen molar-refractivity contribution in [1.82, 2.24) is 5.32 Å². The van der Waals surface area contributed by atoms with Gasteiger partial charge in [0.05, 0.1) is 7.11 Å². The minimum atomic E-state index is -0.472. The summed E-state index contributed by atoms with van der Waals surface area (Å²) in [5.74, 6) is 1.14. The van der Waals surface area contributed by atoms with Gasteiger partial charge in [-0.3, -0.25) is 0 Å². The van der Waals surface area contributed by atoms with Crippen LogP contribution in [0.1, 0.15) is 13.8 Å². The van der Waals surface area contributed by atoms with Gasteiger partial charge in [-0.25, -0.2) is 0 Å². The van der Waals surface area contributed by atoms with Gasteiger partial charge in [-0.2, -0.15) is 0 Å². The van der Waals surface area contributed by atoms with Crippen LogP contribution in [0.2, 0.25) is 0 Å². The third-order valence-electron chi connectivity index (χ3n) is 2.15. The highest BCUT2D eigenvalue weighted by molar-refractivity contribution is 5.24. The van der Waals surface area contributed by atoms with Crippen LogP contribution in [0, 0.1) is 5.92 Å². The maximum Gasteiger partial charge on any atom is 0.120 e. The van der Waals surface area contributed by atoms with E-state index in [9.17, 15) is 0 Å². The average Bonchev–Trinajstić information content (AvgIpc) is 2.04. The molecule has 0 aromatic carbocycles. The summed E-state index contributed by atoms with van der Waals surface area (Å²) in [5, 5.41) is 3.10. The number of nitrogens with two attached hydrogens (primary N) is 1. The molecule has 0 fully saturated rings. The van der Waals surface area contributed by atoms with Crippen molar-refractivity contribution in [3.8, 4) is 0 Å². The van der Waals surface area contributed by atoms with Gasteiger partial charge < -0.3 is 15.8 Å². The van der Waals surface area contributed by atoms with E-state index in [0.29, 0.717) is 5.92 Å². The Labute approximate surface area is 73.3 Å². The summed E-state index contributed by atoms with van der Waals surface area (Å²) in [4.78, 5) is 0. The van der Waals surface area contributed by atoms with Gasteiger partial charge in [0, 0.05) is 6.20 Å². The van der Waals surface area contributed by atoms with E-state index in [2.05, 4.69) is 19.2 Å². The molecule has 1 rings (SSSR count). The first kappa shape index (κ1) is 9.13.